The van der Waals surface area contributed by atoms with E-state index in [9.17, 15) is 13.9 Å². The molecule has 0 fully saturated rings. The number of halogens is 3. The van der Waals surface area contributed by atoms with Crippen molar-refractivity contribution in [3.8, 4) is 16.9 Å². The monoisotopic (exact) mass is 286 g/mol. The molecule has 1 nitrogen and oxygen atoms in total. The predicted octanol–water partition coefficient (Wildman–Crippen LogP) is 5.03. The summed E-state index contributed by atoms with van der Waals surface area (Å²) in [6, 6.07) is 11.6. The van der Waals surface area contributed by atoms with Crippen LogP contribution in [0.2, 0.25) is 5.02 Å². The van der Waals surface area contributed by atoms with Crippen molar-refractivity contribution in [2.24, 2.45) is 0 Å². The molecule has 0 atom stereocenters. The maximum Gasteiger partial charge on any atom is 0.288 e. The Hall–Kier alpha value is -1.26. The molecule has 2 aromatic rings. The van der Waals surface area contributed by atoms with Crippen LogP contribution in [0.15, 0.2) is 47.4 Å². The molecule has 0 heterocycles. The first-order valence-corrected chi connectivity index (χ1v) is 6.36. The summed E-state index contributed by atoms with van der Waals surface area (Å²) in [4.78, 5) is 0.506. The summed E-state index contributed by atoms with van der Waals surface area (Å²) < 4.78 is 24.3. The highest BCUT2D eigenvalue weighted by Gasteiger charge is 2.06. The second-order valence-corrected chi connectivity index (χ2v) is 5.04. The van der Waals surface area contributed by atoms with Crippen LogP contribution < -0.4 is 0 Å². The van der Waals surface area contributed by atoms with E-state index in [-0.39, 0.29) is 10.8 Å². The molecule has 0 saturated carbocycles. The minimum atomic E-state index is -2.42. The van der Waals surface area contributed by atoms with E-state index in [0.717, 1.165) is 11.1 Å². The number of alkyl halides is 2. The second-order valence-electron chi connectivity index (χ2n) is 3.57. The van der Waals surface area contributed by atoms with E-state index in [4.69, 9.17) is 11.6 Å². The molecule has 0 aliphatic carbocycles. The lowest BCUT2D eigenvalue weighted by Crippen LogP contribution is -1.82. The van der Waals surface area contributed by atoms with Gasteiger partial charge < -0.3 is 5.11 Å². The smallest absolute Gasteiger partial charge is 0.288 e. The summed E-state index contributed by atoms with van der Waals surface area (Å²) in [5, 5.41) is 9.78. The molecule has 0 aromatic heterocycles. The molecule has 94 valence electrons. The number of benzene rings is 2. The van der Waals surface area contributed by atoms with Crippen LogP contribution in [0.25, 0.3) is 11.1 Å². The van der Waals surface area contributed by atoms with E-state index in [0.29, 0.717) is 16.7 Å². The zero-order valence-corrected chi connectivity index (χ0v) is 10.7. The van der Waals surface area contributed by atoms with Crippen LogP contribution in [0.3, 0.4) is 0 Å². The molecule has 18 heavy (non-hydrogen) atoms. The number of hydrogen-bond donors (Lipinski definition) is 1. The second kappa shape index (κ2) is 5.59. The zero-order chi connectivity index (χ0) is 13.1. The van der Waals surface area contributed by atoms with Gasteiger partial charge in [0.25, 0.3) is 5.76 Å². The third kappa shape index (κ3) is 3.15. The van der Waals surface area contributed by atoms with E-state index in [1.807, 2.05) is 0 Å². The van der Waals surface area contributed by atoms with Crippen molar-refractivity contribution < 1.29 is 13.9 Å². The maximum absolute atomic E-state index is 12.2. The molecule has 1 N–H and O–H groups in total. The fraction of sp³-hybridized carbons (Fsp3) is 0.0769. The average Bonchev–Trinajstić information content (AvgIpc) is 2.33. The molecule has 0 radical (unpaired) electrons. The lowest BCUT2D eigenvalue weighted by molar-refractivity contribution is 0.252. The van der Waals surface area contributed by atoms with Crippen molar-refractivity contribution in [3.63, 3.8) is 0 Å². The molecule has 0 aliphatic rings. The summed E-state index contributed by atoms with van der Waals surface area (Å²) in [5.41, 5.74) is 1.62. The molecular formula is C13H9ClF2OS. The first-order chi connectivity index (χ1) is 8.56. The van der Waals surface area contributed by atoms with E-state index in [2.05, 4.69) is 0 Å². The largest absolute Gasteiger partial charge is 0.506 e. The minimum Gasteiger partial charge on any atom is -0.506 e. The van der Waals surface area contributed by atoms with Gasteiger partial charge in [-0.05, 0) is 35.4 Å². The van der Waals surface area contributed by atoms with Crippen molar-refractivity contribution >= 4 is 23.4 Å². The van der Waals surface area contributed by atoms with Crippen LogP contribution >= 0.6 is 23.4 Å². The molecular weight excluding hydrogens is 278 g/mol. The van der Waals surface area contributed by atoms with E-state index >= 15 is 0 Å². The Balaban J connectivity index is 2.25. The SMILES string of the molecule is Oc1cc(-c2ccc(SC(F)F)cc2)ccc1Cl. The number of phenols is 1. The molecule has 0 bridgehead atoms. The Morgan fingerprint density at radius 3 is 2.17 bits per heavy atom. The van der Waals surface area contributed by atoms with Crippen LogP contribution in [-0.2, 0) is 0 Å². The fourth-order valence-corrected chi connectivity index (χ4v) is 2.14. The zero-order valence-electron chi connectivity index (χ0n) is 9.11. The molecule has 0 amide bonds. The lowest BCUT2D eigenvalue weighted by Gasteiger charge is -2.05. The van der Waals surface area contributed by atoms with Crippen molar-refractivity contribution in [2.75, 3.05) is 0 Å². The van der Waals surface area contributed by atoms with Gasteiger partial charge in [-0.2, -0.15) is 8.78 Å². The average molecular weight is 287 g/mol. The molecule has 0 aliphatic heterocycles. The number of aromatic hydroxyl groups is 1. The summed E-state index contributed by atoms with van der Waals surface area (Å²) in [7, 11) is 0. The lowest BCUT2D eigenvalue weighted by atomic mass is 10.1. The number of hydrogen-bond acceptors (Lipinski definition) is 2. The van der Waals surface area contributed by atoms with Gasteiger partial charge in [0.05, 0.1) is 5.02 Å². The quantitative estimate of drug-likeness (QED) is 0.799. The Morgan fingerprint density at radius 2 is 1.61 bits per heavy atom. The van der Waals surface area contributed by atoms with Crippen LogP contribution in [0.5, 0.6) is 5.75 Å². The van der Waals surface area contributed by atoms with Crippen molar-refractivity contribution in [1.29, 1.82) is 0 Å². The first-order valence-electron chi connectivity index (χ1n) is 5.10. The Labute approximate surface area is 112 Å². The summed E-state index contributed by atoms with van der Waals surface area (Å²) in [6.07, 6.45) is 0. The maximum atomic E-state index is 12.2. The van der Waals surface area contributed by atoms with E-state index in [1.165, 1.54) is 6.07 Å². The van der Waals surface area contributed by atoms with Crippen molar-refractivity contribution in [3.05, 3.63) is 47.5 Å². The molecule has 5 heteroatoms. The van der Waals surface area contributed by atoms with Gasteiger partial charge >= 0.3 is 0 Å². The van der Waals surface area contributed by atoms with Gasteiger partial charge in [0.1, 0.15) is 5.75 Å². The molecule has 0 spiro atoms. The van der Waals surface area contributed by atoms with Gasteiger partial charge in [-0.25, -0.2) is 0 Å². The minimum absolute atomic E-state index is 0.000184. The highest BCUT2D eigenvalue weighted by Crippen LogP contribution is 2.31. The van der Waals surface area contributed by atoms with E-state index < -0.39 is 5.76 Å². The third-order valence-corrected chi connectivity index (χ3v) is 3.40. The Morgan fingerprint density at radius 1 is 1.00 bits per heavy atom. The number of thioether (sulfide) groups is 1. The summed E-state index contributed by atoms with van der Waals surface area (Å²) >= 11 is 6.22. The Bertz CT molecular complexity index is 543. The van der Waals surface area contributed by atoms with Gasteiger partial charge in [-0.1, -0.05) is 41.6 Å². The topological polar surface area (TPSA) is 20.2 Å². The van der Waals surface area contributed by atoms with Crippen LogP contribution in [-0.4, -0.2) is 10.9 Å². The molecule has 2 rings (SSSR count). The van der Waals surface area contributed by atoms with E-state index in [1.54, 1.807) is 36.4 Å². The number of phenolic OH excluding ortho intramolecular Hbond substituents is 1. The van der Waals surface area contributed by atoms with Crippen LogP contribution in [0.1, 0.15) is 0 Å². The normalized spacial score (nSPS) is 10.9. The first kappa shape index (κ1) is 13.2. The van der Waals surface area contributed by atoms with Gasteiger partial charge in [-0.15, -0.1) is 0 Å². The molecule has 0 unspecified atom stereocenters. The van der Waals surface area contributed by atoms with Gasteiger partial charge in [0.2, 0.25) is 0 Å². The Kier molecular flexibility index (Phi) is 4.09. The van der Waals surface area contributed by atoms with Crippen molar-refractivity contribution in [1.82, 2.24) is 0 Å². The highest BCUT2D eigenvalue weighted by atomic mass is 35.5. The van der Waals surface area contributed by atoms with Gasteiger partial charge in [0, 0.05) is 4.90 Å². The highest BCUT2D eigenvalue weighted by molar-refractivity contribution is 7.99. The standard InChI is InChI=1S/C13H9ClF2OS/c14-11-6-3-9(7-12(11)17)8-1-4-10(5-2-8)18-13(15)16/h1-7,13,17H. The van der Waals surface area contributed by atoms with Crippen LogP contribution in [0.4, 0.5) is 8.78 Å². The third-order valence-electron chi connectivity index (χ3n) is 2.36. The molecule has 2 aromatic carbocycles. The summed E-state index contributed by atoms with van der Waals surface area (Å²) in [6.45, 7) is 0. The predicted molar refractivity (Wildman–Crippen MR) is 70.4 cm³/mol. The summed E-state index contributed by atoms with van der Waals surface area (Å²) in [5.74, 6) is -2.42. The van der Waals surface area contributed by atoms with Crippen LogP contribution in [0, 0.1) is 0 Å². The fourth-order valence-electron chi connectivity index (χ4n) is 1.52. The van der Waals surface area contributed by atoms with Gasteiger partial charge in [-0.3, -0.25) is 0 Å². The number of rotatable bonds is 3. The van der Waals surface area contributed by atoms with Gasteiger partial charge in [0.15, 0.2) is 0 Å². The van der Waals surface area contributed by atoms with Crippen molar-refractivity contribution in [2.45, 2.75) is 10.7 Å². The molecule has 0 saturated heterocycles.